The summed E-state index contributed by atoms with van der Waals surface area (Å²) in [5.41, 5.74) is 23.5. The summed E-state index contributed by atoms with van der Waals surface area (Å²) in [4.78, 5) is 5.30. The lowest BCUT2D eigenvalue weighted by Crippen LogP contribution is -2.62. The summed E-state index contributed by atoms with van der Waals surface area (Å²) >= 11 is 0. The van der Waals surface area contributed by atoms with E-state index in [1.54, 1.807) is 0 Å². The number of para-hydroxylation sites is 2. The third-order valence-electron chi connectivity index (χ3n) is 15.5. The van der Waals surface area contributed by atoms with Gasteiger partial charge >= 0.3 is 6.85 Å². The molecule has 63 heavy (non-hydrogen) atoms. The van der Waals surface area contributed by atoms with Crippen molar-refractivity contribution >= 4 is 68.1 Å². The van der Waals surface area contributed by atoms with Crippen LogP contribution in [0.5, 0.6) is 0 Å². The van der Waals surface area contributed by atoms with Gasteiger partial charge in [0.05, 0.1) is 11.4 Å². The molecule has 4 heterocycles. The van der Waals surface area contributed by atoms with E-state index in [1.807, 2.05) is 0 Å². The molecule has 0 saturated carbocycles. The molecule has 3 aliphatic heterocycles. The average Bonchev–Trinajstić information content (AvgIpc) is 3.69. The predicted molar refractivity (Wildman–Crippen MR) is 266 cm³/mol. The van der Waals surface area contributed by atoms with Gasteiger partial charge in [-0.1, -0.05) is 169 Å². The fourth-order valence-electron chi connectivity index (χ4n) is 12.0. The standard InChI is InChI=1S/C59H49BN2O/c1-57(2)30-31-58(3,4)47-35-51-48(34-46(47)57)59(5,6)45-21-15-22-49-54(45)61(51)55-53-43(33-44-42-20-13-14-23-52(42)63-56(44)55)41-29-26-39(37-18-11-8-12-19-37)32-50(41)62(60(49)53)40-27-24-38(25-28-40)36-16-9-7-10-17-36/h7-29,32-35H,30-31H2,1-6H3. The van der Waals surface area contributed by atoms with Crippen LogP contribution in [0.25, 0.3) is 55.3 Å². The largest absolute Gasteiger partial charge is 0.454 e. The fourth-order valence-corrected chi connectivity index (χ4v) is 12.0. The van der Waals surface area contributed by atoms with E-state index in [-0.39, 0.29) is 23.1 Å². The van der Waals surface area contributed by atoms with Crippen molar-refractivity contribution in [1.82, 2.24) is 0 Å². The van der Waals surface area contributed by atoms with Crippen LogP contribution in [0, 0.1) is 0 Å². The van der Waals surface area contributed by atoms with E-state index in [0.29, 0.717) is 0 Å². The molecule has 0 N–H and O–H groups in total. The quantitative estimate of drug-likeness (QED) is 0.166. The predicted octanol–water partition coefficient (Wildman–Crippen LogP) is 14.6. The van der Waals surface area contributed by atoms with Gasteiger partial charge in [-0.05, 0) is 121 Å². The molecule has 4 heteroatoms. The Morgan fingerprint density at radius 1 is 0.476 bits per heavy atom. The molecule has 0 unspecified atom stereocenters. The molecule has 9 aromatic rings. The lowest BCUT2D eigenvalue weighted by molar-refractivity contribution is 0.331. The van der Waals surface area contributed by atoms with Crippen molar-refractivity contribution in [2.75, 3.05) is 9.71 Å². The highest BCUT2D eigenvalue weighted by Crippen LogP contribution is 2.59. The zero-order valence-corrected chi connectivity index (χ0v) is 36.9. The molecule has 0 radical (unpaired) electrons. The van der Waals surface area contributed by atoms with Crippen LogP contribution < -0.4 is 20.6 Å². The van der Waals surface area contributed by atoms with Crippen molar-refractivity contribution in [3.63, 3.8) is 0 Å². The molecule has 8 aromatic carbocycles. The first-order valence-corrected chi connectivity index (χ1v) is 22.8. The number of hydrogen-bond acceptors (Lipinski definition) is 3. The molecule has 0 fully saturated rings. The van der Waals surface area contributed by atoms with Gasteiger partial charge in [0.15, 0.2) is 5.58 Å². The maximum atomic E-state index is 7.20. The summed E-state index contributed by atoms with van der Waals surface area (Å²) in [5.74, 6) is 0. The minimum Gasteiger partial charge on any atom is -0.454 e. The second-order valence-corrected chi connectivity index (χ2v) is 20.3. The molecule has 13 rings (SSSR count). The number of fused-ring (bicyclic) bond motifs is 11. The van der Waals surface area contributed by atoms with E-state index in [9.17, 15) is 0 Å². The van der Waals surface area contributed by atoms with E-state index in [4.69, 9.17) is 4.42 Å². The summed E-state index contributed by atoms with van der Waals surface area (Å²) < 4.78 is 7.20. The Morgan fingerprint density at radius 3 is 1.84 bits per heavy atom. The van der Waals surface area contributed by atoms with Gasteiger partial charge in [0.1, 0.15) is 5.58 Å². The highest BCUT2D eigenvalue weighted by atomic mass is 16.3. The van der Waals surface area contributed by atoms with Crippen LogP contribution in [0.15, 0.2) is 168 Å². The van der Waals surface area contributed by atoms with Crippen molar-refractivity contribution in [2.24, 2.45) is 0 Å². The molecule has 0 spiro atoms. The van der Waals surface area contributed by atoms with E-state index in [0.717, 1.165) is 39.7 Å². The van der Waals surface area contributed by atoms with Gasteiger partial charge in [-0.25, -0.2) is 0 Å². The van der Waals surface area contributed by atoms with Gasteiger partial charge in [-0.3, -0.25) is 0 Å². The Balaban J connectivity index is 1.17. The number of furan rings is 1. The molecule has 304 valence electrons. The van der Waals surface area contributed by atoms with Crippen molar-refractivity contribution in [1.29, 1.82) is 0 Å². The summed E-state index contributed by atoms with van der Waals surface area (Å²) in [7, 11) is 0. The minimum absolute atomic E-state index is 0.0467. The molecular formula is C59H49BN2O. The molecular weight excluding hydrogens is 763 g/mol. The highest BCUT2D eigenvalue weighted by Gasteiger charge is 2.52. The fraction of sp³-hybridized carbons (Fsp3) is 0.186. The average molecular weight is 813 g/mol. The topological polar surface area (TPSA) is 19.6 Å². The SMILES string of the molecule is CC1(C)CCC(C)(C)c2cc3c(cc21)N1c2c(cccc2C3(C)C)B2c3c(cc4c(oc5ccccc54)c31)-c1ccc(-c3ccccc3)cc1N2c1ccc(-c2ccccc2)cc1. The Kier molecular flexibility index (Phi) is 7.41. The smallest absolute Gasteiger partial charge is 0.333 e. The number of anilines is 5. The lowest BCUT2D eigenvalue weighted by Gasteiger charge is -2.51. The minimum atomic E-state index is -0.263. The number of hydrogen-bond donors (Lipinski definition) is 0. The van der Waals surface area contributed by atoms with Gasteiger partial charge in [0.25, 0.3) is 0 Å². The maximum Gasteiger partial charge on any atom is 0.333 e. The zero-order chi connectivity index (χ0) is 42.6. The number of benzene rings is 8. The van der Waals surface area contributed by atoms with Crippen molar-refractivity contribution < 1.29 is 4.42 Å². The first-order chi connectivity index (χ1) is 30.5. The van der Waals surface area contributed by atoms with Gasteiger partial charge < -0.3 is 14.1 Å². The Morgan fingerprint density at radius 2 is 1.11 bits per heavy atom. The van der Waals surface area contributed by atoms with Crippen LogP contribution >= 0.6 is 0 Å². The van der Waals surface area contributed by atoms with E-state index < -0.39 is 0 Å². The van der Waals surface area contributed by atoms with Crippen molar-refractivity contribution in [2.45, 2.75) is 70.6 Å². The van der Waals surface area contributed by atoms with Crippen LogP contribution in [0.3, 0.4) is 0 Å². The number of nitrogens with zero attached hydrogens (tertiary/aromatic N) is 2. The van der Waals surface area contributed by atoms with Crippen LogP contribution in [0.1, 0.15) is 76.6 Å². The highest BCUT2D eigenvalue weighted by molar-refractivity contribution is 6.94. The third kappa shape index (κ3) is 5.04. The monoisotopic (exact) mass is 812 g/mol. The second-order valence-electron chi connectivity index (χ2n) is 20.3. The Labute approximate surface area is 370 Å². The Bertz CT molecular complexity index is 3380. The van der Waals surface area contributed by atoms with Crippen LogP contribution in [-0.2, 0) is 16.2 Å². The molecule has 1 aromatic heterocycles. The second kappa shape index (κ2) is 12.7. The number of rotatable bonds is 3. The van der Waals surface area contributed by atoms with Crippen LogP contribution in [0.2, 0.25) is 0 Å². The molecule has 0 atom stereocenters. The third-order valence-corrected chi connectivity index (χ3v) is 15.5. The normalized spacial score (nSPS) is 16.9. The molecule has 0 saturated heterocycles. The van der Waals surface area contributed by atoms with Crippen molar-refractivity contribution in [3.05, 3.63) is 186 Å². The van der Waals surface area contributed by atoms with E-state index in [2.05, 4.69) is 215 Å². The van der Waals surface area contributed by atoms with Gasteiger partial charge in [-0.2, -0.15) is 0 Å². The molecule has 0 bridgehead atoms. The van der Waals surface area contributed by atoms with Crippen molar-refractivity contribution in [3.8, 4) is 33.4 Å². The summed E-state index contributed by atoms with van der Waals surface area (Å²) in [5, 5.41) is 2.30. The molecule has 1 aliphatic carbocycles. The zero-order valence-electron chi connectivity index (χ0n) is 36.9. The summed E-state index contributed by atoms with van der Waals surface area (Å²) in [6.45, 7) is 14.6. The summed E-state index contributed by atoms with van der Waals surface area (Å²) in [6.07, 6.45) is 2.34. The van der Waals surface area contributed by atoms with Gasteiger partial charge in [0, 0.05) is 38.8 Å². The van der Waals surface area contributed by atoms with Gasteiger partial charge in [-0.15, -0.1) is 0 Å². The van der Waals surface area contributed by atoms with E-state index >= 15 is 0 Å². The Hall–Kier alpha value is -6.78. The summed E-state index contributed by atoms with van der Waals surface area (Å²) in [6, 6.07) is 61.4. The maximum absolute atomic E-state index is 7.20. The van der Waals surface area contributed by atoms with Crippen LogP contribution in [0.4, 0.5) is 28.4 Å². The first-order valence-electron chi connectivity index (χ1n) is 22.8. The first kappa shape index (κ1) is 36.8. The van der Waals surface area contributed by atoms with E-state index in [1.165, 1.54) is 90.0 Å². The molecule has 0 amide bonds. The van der Waals surface area contributed by atoms with Gasteiger partial charge in [0.2, 0.25) is 0 Å². The van der Waals surface area contributed by atoms with Crippen LogP contribution in [-0.4, -0.2) is 6.85 Å². The molecule has 4 aliphatic rings. The molecule has 3 nitrogen and oxygen atoms in total. The lowest BCUT2D eigenvalue weighted by atomic mass is 9.42.